The Labute approximate surface area is 257 Å². The highest BCUT2D eigenvalue weighted by atomic mass is 19.3. The first kappa shape index (κ1) is 31.4. The summed E-state index contributed by atoms with van der Waals surface area (Å²) in [6.07, 6.45) is 0.214. The van der Waals surface area contributed by atoms with Crippen LogP contribution >= 0.6 is 0 Å². The van der Waals surface area contributed by atoms with E-state index in [1.165, 1.54) is 30.2 Å². The topological polar surface area (TPSA) is 33.0 Å². The molecule has 228 valence electrons. The van der Waals surface area contributed by atoms with Gasteiger partial charge in [0.2, 0.25) is 0 Å². The van der Waals surface area contributed by atoms with Crippen molar-refractivity contribution in [3.63, 3.8) is 0 Å². The van der Waals surface area contributed by atoms with Gasteiger partial charge in [0.15, 0.2) is 0 Å². The van der Waals surface area contributed by atoms with Crippen LogP contribution in [0.2, 0.25) is 0 Å². The summed E-state index contributed by atoms with van der Waals surface area (Å²) in [4.78, 5) is 0. The highest BCUT2D eigenvalue weighted by molar-refractivity contribution is 5.74. The molecule has 5 aromatic rings. The second-order valence-corrected chi connectivity index (χ2v) is 10.6. The van der Waals surface area contributed by atoms with Crippen LogP contribution in [0.5, 0.6) is 5.75 Å². The van der Waals surface area contributed by atoms with Crippen LogP contribution in [0.15, 0.2) is 97.1 Å². The monoisotopic (exact) mass is 615 g/mol. The Hall–Kier alpha value is -5.03. The number of rotatable bonds is 10. The molecule has 0 aromatic heterocycles. The van der Waals surface area contributed by atoms with Crippen molar-refractivity contribution >= 4 is 0 Å². The van der Waals surface area contributed by atoms with Crippen molar-refractivity contribution in [2.75, 3.05) is 0 Å². The molecule has 0 radical (unpaired) electrons. The molecular formula is C37H27F6NO. The van der Waals surface area contributed by atoms with Crippen molar-refractivity contribution < 1.29 is 31.1 Å². The maximum atomic E-state index is 15.2. The average Bonchev–Trinajstić information content (AvgIpc) is 3.01. The van der Waals surface area contributed by atoms with Crippen LogP contribution in [0.4, 0.5) is 26.3 Å². The fourth-order valence-corrected chi connectivity index (χ4v) is 5.06. The molecular weight excluding hydrogens is 588 g/mol. The molecule has 0 fully saturated rings. The van der Waals surface area contributed by atoms with Gasteiger partial charge in [0.1, 0.15) is 35.1 Å². The molecule has 8 heteroatoms. The summed E-state index contributed by atoms with van der Waals surface area (Å²) in [5.41, 5.74) is 1.52. The summed E-state index contributed by atoms with van der Waals surface area (Å²) in [6.45, 7) is 2.15. The van der Waals surface area contributed by atoms with Crippen LogP contribution < -0.4 is 4.74 Å². The van der Waals surface area contributed by atoms with E-state index in [1.54, 1.807) is 18.2 Å². The maximum Gasteiger partial charge on any atom is 0.429 e. The second kappa shape index (κ2) is 13.3. The molecule has 0 atom stereocenters. The van der Waals surface area contributed by atoms with Crippen LogP contribution in [0.1, 0.15) is 42.9 Å². The number of hydrogen-bond acceptors (Lipinski definition) is 2. The molecule has 5 rings (SSSR count). The van der Waals surface area contributed by atoms with E-state index in [0.29, 0.717) is 11.6 Å². The number of nitriles is 1. The quantitative estimate of drug-likeness (QED) is 0.116. The first-order valence-corrected chi connectivity index (χ1v) is 14.3. The number of nitrogens with zero attached hydrogens (tertiary/aromatic N) is 1. The van der Waals surface area contributed by atoms with E-state index in [0.717, 1.165) is 61.2 Å². The highest BCUT2D eigenvalue weighted by Crippen LogP contribution is 2.37. The van der Waals surface area contributed by atoms with E-state index in [9.17, 15) is 17.6 Å². The van der Waals surface area contributed by atoms with Gasteiger partial charge in [0.25, 0.3) is 0 Å². The van der Waals surface area contributed by atoms with Gasteiger partial charge in [-0.25, -0.2) is 17.6 Å². The normalized spacial score (nSPS) is 11.3. The third-order valence-corrected chi connectivity index (χ3v) is 7.51. The Morgan fingerprint density at radius 3 is 1.78 bits per heavy atom. The van der Waals surface area contributed by atoms with E-state index in [-0.39, 0.29) is 27.8 Å². The zero-order chi connectivity index (χ0) is 32.1. The molecule has 0 aliphatic rings. The molecule has 2 nitrogen and oxygen atoms in total. The van der Waals surface area contributed by atoms with Crippen molar-refractivity contribution in [2.24, 2.45) is 0 Å². The number of benzene rings is 5. The fraction of sp³-hybridized carbons (Fsp3) is 0.162. The average molecular weight is 616 g/mol. The van der Waals surface area contributed by atoms with Crippen molar-refractivity contribution in [3.8, 4) is 45.2 Å². The van der Waals surface area contributed by atoms with E-state index >= 15 is 8.78 Å². The molecule has 45 heavy (non-hydrogen) atoms. The lowest BCUT2D eigenvalue weighted by Crippen LogP contribution is -2.23. The van der Waals surface area contributed by atoms with Gasteiger partial charge in [-0.1, -0.05) is 74.4 Å². The summed E-state index contributed by atoms with van der Waals surface area (Å²) in [5, 5.41) is 8.79. The van der Waals surface area contributed by atoms with Crippen molar-refractivity contribution in [1.82, 2.24) is 0 Å². The van der Waals surface area contributed by atoms with Gasteiger partial charge in [-0.15, -0.1) is 0 Å². The Morgan fingerprint density at radius 2 is 1.20 bits per heavy atom. The minimum atomic E-state index is -4.20. The predicted octanol–water partition coefficient (Wildman–Crippen LogP) is 11.0. The summed E-state index contributed by atoms with van der Waals surface area (Å²) in [5.74, 6) is -4.42. The smallest absolute Gasteiger partial charge is 0.429 e. The number of hydrogen-bond donors (Lipinski definition) is 0. The lowest BCUT2D eigenvalue weighted by molar-refractivity contribution is -0.187. The number of halogens is 6. The Morgan fingerprint density at radius 1 is 0.622 bits per heavy atom. The third-order valence-electron chi connectivity index (χ3n) is 7.51. The molecule has 0 N–H and O–H groups in total. The van der Waals surface area contributed by atoms with Gasteiger partial charge < -0.3 is 4.74 Å². The Bertz CT molecular complexity index is 1880. The third kappa shape index (κ3) is 7.04. The van der Waals surface area contributed by atoms with Crippen molar-refractivity contribution in [1.29, 1.82) is 5.26 Å². The fourth-order valence-electron chi connectivity index (χ4n) is 5.06. The van der Waals surface area contributed by atoms with Gasteiger partial charge >= 0.3 is 6.11 Å². The van der Waals surface area contributed by atoms with Crippen molar-refractivity contribution in [3.05, 3.63) is 137 Å². The summed E-state index contributed by atoms with van der Waals surface area (Å²) >= 11 is 0. The highest BCUT2D eigenvalue weighted by Gasteiger charge is 2.38. The van der Waals surface area contributed by atoms with Gasteiger partial charge in [0.05, 0.1) is 11.1 Å². The second-order valence-electron chi connectivity index (χ2n) is 10.6. The number of aryl methyl sites for hydroxylation is 1. The standard InChI is InChI=1S/C37H27F6NO/c1-2-3-4-5-23-6-8-24(9-7-23)25-11-15-30(34(39)18-25)26-12-16-31(35(40)19-26)27-13-17-32(36(41)20-27)37(42,43)45-29-14-10-28(22-44)33(38)21-29/h6-21H,2-5H2,1H3. The van der Waals surface area contributed by atoms with Crippen LogP contribution in [0.3, 0.4) is 0 Å². The van der Waals surface area contributed by atoms with Gasteiger partial charge in [0, 0.05) is 17.2 Å². The van der Waals surface area contributed by atoms with Gasteiger partial charge in [-0.2, -0.15) is 14.0 Å². The zero-order valence-electron chi connectivity index (χ0n) is 24.2. The maximum absolute atomic E-state index is 15.2. The summed E-state index contributed by atoms with van der Waals surface area (Å²) in [6, 6.07) is 23.2. The lowest BCUT2D eigenvalue weighted by atomic mass is 9.96. The number of unbranched alkanes of at least 4 members (excludes halogenated alkanes) is 2. The van der Waals surface area contributed by atoms with Crippen molar-refractivity contribution in [2.45, 2.75) is 38.7 Å². The molecule has 0 aliphatic heterocycles. The largest absolute Gasteiger partial charge is 0.429 e. The SMILES string of the molecule is CCCCCc1ccc(-c2ccc(-c3ccc(-c4ccc(C(F)(F)Oc5ccc(C#N)c(F)c5)c(F)c4)c(F)c3)c(F)c2)cc1. The minimum Gasteiger partial charge on any atom is -0.429 e. The van der Waals surface area contributed by atoms with Gasteiger partial charge in [-0.05, 0) is 77.1 Å². The zero-order valence-corrected chi connectivity index (χ0v) is 24.2. The molecule has 0 aliphatic carbocycles. The first-order chi connectivity index (χ1) is 21.6. The summed E-state index contributed by atoms with van der Waals surface area (Å²) < 4.78 is 93.2. The lowest BCUT2D eigenvalue weighted by Gasteiger charge is -2.19. The van der Waals surface area contributed by atoms with E-state index in [1.807, 2.05) is 24.3 Å². The molecule has 0 spiro atoms. The Kier molecular flexibility index (Phi) is 9.29. The van der Waals surface area contributed by atoms with Crippen LogP contribution in [0, 0.1) is 34.6 Å². The van der Waals surface area contributed by atoms with E-state index in [4.69, 9.17) is 5.26 Å². The molecule has 0 unspecified atom stereocenters. The van der Waals surface area contributed by atoms with Gasteiger partial charge in [-0.3, -0.25) is 0 Å². The summed E-state index contributed by atoms with van der Waals surface area (Å²) in [7, 11) is 0. The molecule has 0 saturated heterocycles. The van der Waals surface area contributed by atoms with Crippen LogP contribution in [-0.2, 0) is 12.5 Å². The van der Waals surface area contributed by atoms with E-state index < -0.39 is 40.7 Å². The predicted molar refractivity (Wildman–Crippen MR) is 161 cm³/mol. The molecule has 0 amide bonds. The minimum absolute atomic E-state index is 0.0329. The first-order valence-electron chi connectivity index (χ1n) is 14.3. The van der Waals surface area contributed by atoms with E-state index in [2.05, 4.69) is 11.7 Å². The van der Waals surface area contributed by atoms with Crippen LogP contribution in [-0.4, -0.2) is 0 Å². The molecule has 0 bridgehead atoms. The molecule has 0 saturated carbocycles. The molecule has 5 aromatic carbocycles. The number of ether oxygens (including phenoxy) is 1. The molecule has 0 heterocycles. The Balaban J connectivity index is 1.33. The number of alkyl halides is 2. The van der Waals surface area contributed by atoms with Crippen LogP contribution in [0.25, 0.3) is 33.4 Å².